The van der Waals surface area contributed by atoms with E-state index in [9.17, 15) is 0 Å². The van der Waals surface area contributed by atoms with Crippen molar-refractivity contribution in [3.63, 3.8) is 0 Å². The molecule has 6 heteroatoms. The molecular formula is C17H21N5O. The molecule has 0 unspecified atom stereocenters. The number of aryl methyl sites for hydroxylation is 2. The van der Waals surface area contributed by atoms with E-state index in [0.29, 0.717) is 18.1 Å². The highest BCUT2D eigenvalue weighted by molar-refractivity contribution is 5.89. The van der Waals surface area contributed by atoms with Crippen molar-refractivity contribution in [3.8, 4) is 0 Å². The minimum absolute atomic E-state index is 0.548. The Kier molecular flexibility index (Phi) is 4.23. The van der Waals surface area contributed by atoms with Gasteiger partial charge in [0.15, 0.2) is 5.65 Å². The van der Waals surface area contributed by atoms with Gasteiger partial charge in [-0.25, -0.2) is 15.0 Å². The van der Waals surface area contributed by atoms with Crippen molar-refractivity contribution in [2.45, 2.75) is 40.7 Å². The highest BCUT2D eigenvalue weighted by Crippen LogP contribution is 2.23. The van der Waals surface area contributed by atoms with Crippen molar-refractivity contribution in [3.05, 3.63) is 41.2 Å². The second-order valence-corrected chi connectivity index (χ2v) is 6.24. The molecular weight excluding hydrogens is 290 g/mol. The van der Waals surface area contributed by atoms with E-state index < -0.39 is 0 Å². The lowest BCUT2D eigenvalue weighted by Gasteiger charge is -2.09. The maximum atomic E-state index is 5.36. The van der Waals surface area contributed by atoms with Gasteiger partial charge in [0, 0.05) is 18.2 Å². The van der Waals surface area contributed by atoms with Crippen LogP contribution in [-0.4, -0.2) is 20.1 Å². The van der Waals surface area contributed by atoms with E-state index in [0.717, 1.165) is 40.3 Å². The van der Waals surface area contributed by atoms with Gasteiger partial charge in [-0.3, -0.25) is 0 Å². The molecule has 0 bridgehead atoms. The number of aromatic nitrogens is 4. The van der Waals surface area contributed by atoms with Gasteiger partial charge in [-0.05, 0) is 31.4 Å². The van der Waals surface area contributed by atoms with Crippen molar-refractivity contribution in [1.82, 2.24) is 20.1 Å². The molecule has 0 aliphatic rings. The number of nitrogens with one attached hydrogen (secondary N) is 1. The molecule has 0 amide bonds. The predicted octanol–water partition coefficient (Wildman–Crippen LogP) is 3.44. The predicted molar refractivity (Wildman–Crippen MR) is 89.2 cm³/mol. The Hall–Kier alpha value is -2.50. The summed E-state index contributed by atoms with van der Waals surface area (Å²) < 4.78 is 5.36. The number of fused-ring (bicyclic) bond motifs is 1. The van der Waals surface area contributed by atoms with Gasteiger partial charge in [-0.1, -0.05) is 19.0 Å². The van der Waals surface area contributed by atoms with Gasteiger partial charge in [0.2, 0.25) is 0 Å². The third-order valence-corrected chi connectivity index (χ3v) is 3.58. The summed E-state index contributed by atoms with van der Waals surface area (Å²) in [5, 5.41) is 8.37. The Morgan fingerprint density at radius 1 is 1.17 bits per heavy atom. The first-order valence-corrected chi connectivity index (χ1v) is 7.80. The van der Waals surface area contributed by atoms with E-state index in [2.05, 4.69) is 39.3 Å². The smallest absolute Gasteiger partial charge is 0.165 e. The number of pyridine rings is 1. The fraction of sp³-hybridized carbons (Fsp3) is 0.412. The molecule has 0 aromatic carbocycles. The number of hydrogen-bond acceptors (Lipinski definition) is 6. The van der Waals surface area contributed by atoms with Crippen LogP contribution in [0.5, 0.6) is 0 Å². The van der Waals surface area contributed by atoms with Crippen LogP contribution in [0.2, 0.25) is 0 Å². The summed E-state index contributed by atoms with van der Waals surface area (Å²) in [6.07, 6.45) is 2.43. The Bertz CT molecular complexity index is 825. The van der Waals surface area contributed by atoms with Crippen molar-refractivity contribution in [1.29, 1.82) is 0 Å². The monoisotopic (exact) mass is 311 g/mol. The van der Waals surface area contributed by atoms with Crippen LogP contribution in [0, 0.1) is 19.8 Å². The average Bonchev–Trinajstić information content (AvgIpc) is 2.91. The number of rotatable bonds is 5. The van der Waals surface area contributed by atoms with Crippen molar-refractivity contribution >= 4 is 16.9 Å². The SMILES string of the molecule is Cc1cc(C)c2c(NCc3cc(CC(C)C)on3)ncnc2n1. The normalized spacial score (nSPS) is 11.3. The molecule has 0 atom stereocenters. The minimum Gasteiger partial charge on any atom is -0.364 e. The van der Waals surface area contributed by atoms with Crippen LogP contribution in [0.25, 0.3) is 11.0 Å². The van der Waals surface area contributed by atoms with Crippen LogP contribution >= 0.6 is 0 Å². The molecule has 0 radical (unpaired) electrons. The molecule has 0 saturated carbocycles. The molecule has 3 heterocycles. The highest BCUT2D eigenvalue weighted by Gasteiger charge is 2.10. The number of hydrogen-bond donors (Lipinski definition) is 1. The van der Waals surface area contributed by atoms with Crippen LogP contribution in [0.3, 0.4) is 0 Å². The summed E-state index contributed by atoms with van der Waals surface area (Å²) in [6.45, 7) is 8.88. The van der Waals surface area contributed by atoms with E-state index in [-0.39, 0.29) is 0 Å². The van der Waals surface area contributed by atoms with Gasteiger partial charge in [-0.2, -0.15) is 0 Å². The summed E-state index contributed by atoms with van der Waals surface area (Å²) in [4.78, 5) is 13.1. The molecule has 0 fully saturated rings. The molecule has 0 aliphatic carbocycles. The fourth-order valence-corrected chi connectivity index (χ4v) is 2.65. The van der Waals surface area contributed by atoms with Crippen LogP contribution in [-0.2, 0) is 13.0 Å². The Morgan fingerprint density at radius 2 is 2.00 bits per heavy atom. The molecule has 3 aromatic heterocycles. The zero-order chi connectivity index (χ0) is 16.4. The zero-order valence-corrected chi connectivity index (χ0v) is 13.9. The van der Waals surface area contributed by atoms with E-state index in [1.165, 1.54) is 6.33 Å². The molecule has 3 rings (SSSR count). The van der Waals surface area contributed by atoms with E-state index in [1.54, 1.807) is 0 Å². The first-order chi connectivity index (χ1) is 11.0. The Labute approximate surface area is 135 Å². The van der Waals surface area contributed by atoms with Gasteiger partial charge >= 0.3 is 0 Å². The van der Waals surface area contributed by atoms with Gasteiger partial charge in [0.25, 0.3) is 0 Å². The fourth-order valence-electron chi connectivity index (χ4n) is 2.65. The third-order valence-electron chi connectivity index (χ3n) is 3.58. The van der Waals surface area contributed by atoms with Gasteiger partial charge in [-0.15, -0.1) is 0 Å². The quantitative estimate of drug-likeness (QED) is 0.778. The van der Waals surface area contributed by atoms with E-state index in [1.807, 2.05) is 26.0 Å². The van der Waals surface area contributed by atoms with Crippen molar-refractivity contribution in [2.75, 3.05) is 5.32 Å². The maximum absolute atomic E-state index is 5.36. The summed E-state index contributed by atoms with van der Waals surface area (Å²) in [6, 6.07) is 4.03. The molecule has 1 N–H and O–H groups in total. The summed E-state index contributed by atoms with van der Waals surface area (Å²) in [5.74, 6) is 2.23. The van der Waals surface area contributed by atoms with Crippen molar-refractivity contribution < 1.29 is 4.52 Å². The molecule has 6 nitrogen and oxygen atoms in total. The molecule has 3 aromatic rings. The summed E-state index contributed by atoms with van der Waals surface area (Å²) in [7, 11) is 0. The second kappa shape index (κ2) is 6.32. The molecule has 120 valence electrons. The maximum Gasteiger partial charge on any atom is 0.165 e. The lowest BCUT2D eigenvalue weighted by molar-refractivity contribution is 0.364. The molecule has 23 heavy (non-hydrogen) atoms. The topological polar surface area (TPSA) is 76.7 Å². The summed E-state index contributed by atoms with van der Waals surface area (Å²) >= 11 is 0. The van der Waals surface area contributed by atoms with Crippen molar-refractivity contribution in [2.24, 2.45) is 5.92 Å². The van der Waals surface area contributed by atoms with Crippen LogP contribution < -0.4 is 5.32 Å². The Balaban J connectivity index is 1.81. The lowest BCUT2D eigenvalue weighted by atomic mass is 10.1. The average molecular weight is 311 g/mol. The van der Waals surface area contributed by atoms with Crippen LogP contribution in [0.1, 0.15) is 36.6 Å². The molecule has 0 saturated heterocycles. The van der Waals surface area contributed by atoms with E-state index in [4.69, 9.17) is 4.52 Å². The zero-order valence-electron chi connectivity index (χ0n) is 13.9. The standard InChI is InChI=1S/C17H21N5O/c1-10(2)5-14-7-13(22-23-14)8-18-16-15-11(3)6-12(4)21-17(15)20-9-19-16/h6-7,9-10H,5,8H2,1-4H3,(H,18,19,20,21). The first-order valence-electron chi connectivity index (χ1n) is 7.80. The number of nitrogens with zero attached hydrogens (tertiary/aromatic N) is 4. The third kappa shape index (κ3) is 3.47. The van der Waals surface area contributed by atoms with Crippen LogP contribution in [0.4, 0.5) is 5.82 Å². The number of anilines is 1. The minimum atomic E-state index is 0.548. The van der Waals surface area contributed by atoms with Gasteiger partial charge in [0.1, 0.15) is 23.6 Å². The molecule has 0 aliphatic heterocycles. The molecule has 0 spiro atoms. The second-order valence-electron chi connectivity index (χ2n) is 6.24. The Morgan fingerprint density at radius 3 is 2.78 bits per heavy atom. The lowest BCUT2D eigenvalue weighted by Crippen LogP contribution is -2.04. The van der Waals surface area contributed by atoms with Gasteiger partial charge < -0.3 is 9.84 Å². The van der Waals surface area contributed by atoms with E-state index >= 15 is 0 Å². The highest BCUT2D eigenvalue weighted by atomic mass is 16.5. The van der Waals surface area contributed by atoms with Gasteiger partial charge in [0.05, 0.1) is 11.9 Å². The van der Waals surface area contributed by atoms with Crippen LogP contribution in [0.15, 0.2) is 23.0 Å². The summed E-state index contributed by atoms with van der Waals surface area (Å²) in [5.41, 5.74) is 3.64. The first kappa shape index (κ1) is 15.4. The largest absolute Gasteiger partial charge is 0.364 e.